The molecule has 0 saturated carbocycles. The Hall–Kier alpha value is -1.30. The molecule has 0 aromatic heterocycles. The van der Waals surface area contributed by atoms with Gasteiger partial charge in [0, 0.05) is 19.6 Å². The molecular weight excluding hydrogens is 248 g/mol. The van der Waals surface area contributed by atoms with E-state index in [9.17, 15) is 9.59 Å². The summed E-state index contributed by atoms with van der Waals surface area (Å²) >= 11 is 0. The number of rotatable bonds is 3. The van der Waals surface area contributed by atoms with E-state index in [-0.39, 0.29) is 31.1 Å². The van der Waals surface area contributed by atoms with Crippen LogP contribution in [-0.2, 0) is 9.53 Å². The maximum absolute atomic E-state index is 11.9. The van der Waals surface area contributed by atoms with Gasteiger partial charge in [0.05, 0.1) is 12.5 Å². The summed E-state index contributed by atoms with van der Waals surface area (Å²) in [4.78, 5) is 25.3. The van der Waals surface area contributed by atoms with Crippen molar-refractivity contribution in [2.75, 3.05) is 26.2 Å². The average molecular weight is 272 g/mol. The van der Waals surface area contributed by atoms with Crippen molar-refractivity contribution < 1.29 is 19.4 Å². The first-order chi connectivity index (χ1) is 8.83. The third kappa shape index (κ3) is 5.46. The minimum Gasteiger partial charge on any atom is -0.444 e. The van der Waals surface area contributed by atoms with Crippen molar-refractivity contribution in [1.82, 2.24) is 10.2 Å². The molecule has 0 unspecified atom stereocenters. The summed E-state index contributed by atoms with van der Waals surface area (Å²) in [5, 5.41) is 11.3. The van der Waals surface area contributed by atoms with E-state index in [1.807, 2.05) is 20.8 Å². The van der Waals surface area contributed by atoms with Gasteiger partial charge >= 0.3 is 6.09 Å². The first kappa shape index (κ1) is 15.8. The maximum atomic E-state index is 11.9. The molecule has 1 rings (SSSR count). The van der Waals surface area contributed by atoms with Crippen molar-refractivity contribution in [3.05, 3.63) is 0 Å². The van der Waals surface area contributed by atoms with Crippen LogP contribution in [0.3, 0.4) is 0 Å². The van der Waals surface area contributed by atoms with Crippen molar-refractivity contribution in [2.24, 2.45) is 5.92 Å². The molecule has 0 bridgehead atoms. The van der Waals surface area contributed by atoms with Gasteiger partial charge in [-0.05, 0) is 33.6 Å². The number of hydrogen-bond acceptors (Lipinski definition) is 4. The van der Waals surface area contributed by atoms with E-state index < -0.39 is 5.60 Å². The van der Waals surface area contributed by atoms with Crippen molar-refractivity contribution in [1.29, 1.82) is 0 Å². The lowest BCUT2D eigenvalue weighted by molar-refractivity contribution is -0.126. The lowest BCUT2D eigenvalue weighted by atomic mass is 9.97. The molecule has 1 heterocycles. The topological polar surface area (TPSA) is 78.9 Å². The molecule has 1 aliphatic rings. The highest BCUT2D eigenvalue weighted by atomic mass is 16.6. The maximum Gasteiger partial charge on any atom is 0.410 e. The first-order valence-electron chi connectivity index (χ1n) is 6.70. The summed E-state index contributed by atoms with van der Waals surface area (Å²) in [5.41, 5.74) is -0.525. The van der Waals surface area contributed by atoms with Gasteiger partial charge in [0.1, 0.15) is 5.60 Å². The van der Waals surface area contributed by atoms with Gasteiger partial charge in [0.15, 0.2) is 0 Å². The normalized spacial score (nSPS) is 20.0. The van der Waals surface area contributed by atoms with Crippen LogP contribution in [0.1, 0.15) is 33.6 Å². The van der Waals surface area contributed by atoms with Crippen LogP contribution in [-0.4, -0.2) is 53.8 Å². The number of ether oxygens (including phenoxy) is 1. The van der Waals surface area contributed by atoms with Crippen LogP contribution in [0.4, 0.5) is 4.79 Å². The number of nitrogens with one attached hydrogen (secondary N) is 1. The van der Waals surface area contributed by atoms with E-state index in [4.69, 9.17) is 9.84 Å². The van der Waals surface area contributed by atoms with E-state index >= 15 is 0 Å². The molecular formula is C13H24N2O4. The average Bonchev–Trinajstić information content (AvgIpc) is 2.34. The number of nitrogens with zero attached hydrogens (tertiary/aromatic N) is 1. The molecule has 19 heavy (non-hydrogen) atoms. The molecule has 1 atom stereocenters. The van der Waals surface area contributed by atoms with Crippen molar-refractivity contribution in [3.63, 3.8) is 0 Å². The lowest BCUT2D eigenvalue weighted by Crippen LogP contribution is -2.47. The summed E-state index contributed by atoms with van der Waals surface area (Å²) in [6.07, 6.45) is 1.18. The van der Waals surface area contributed by atoms with Gasteiger partial charge in [0.2, 0.25) is 5.91 Å². The molecule has 1 saturated heterocycles. The number of aliphatic hydroxyl groups is 1. The molecule has 0 aromatic carbocycles. The van der Waals surface area contributed by atoms with Crippen LogP contribution in [0.5, 0.6) is 0 Å². The summed E-state index contributed by atoms with van der Waals surface area (Å²) in [5.74, 6) is -0.324. The predicted molar refractivity (Wildman–Crippen MR) is 70.6 cm³/mol. The van der Waals surface area contributed by atoms with E-state index in [0.717, 1.165) is 12.8 Å². The zero-order chi connectivity index (χ0) is 14.5. The van der Waals surface area contributed by atoms with Crippen LogP contribution in [0, 0.1) is 5.92 Å². The second-order valence-corrected chi connectivity index (χ2v) is 5.78. The highest BCUT2D eigenvalue weighted by Gasteiger charge is 2.30. The molecule has 2 N–H and O–H groups in total. The van der Waals surface area contributed by atoms with Crippen molar-refractivity contribution in [2.45, 2.75) is 39.2 Å². The monoisotopic (exact) mass is 272 g/mol. The summed E-state index contributed by atoms with van der Waals surface area (Å²) in [6.45, 7) is 6.64. The number of hydrogen-bond donors (Lipinski definition) is 2. The Morgan fingerprint density at radius 2 is 2.11 bits per heavy atom. The van der Waals surface area contributed by atoms with E-state index in [1.165, 1.54) is 0 Å². The van der Waals surface area contributed by atoms with Gasteiger partial charge in [-0.25, -0.2) is 4.79 Å². The Balaban J connectivity index is 2.50. The first-order valence-corrected chi connectivity index (χ1v) is 6.70. The Kier molecular flexibility index (Phi) is 5.60. The van der Waals surface area contributed by atoms with Gasteiger partial charge in [0.25, 0.3) is 0 Å². The molecule has 2 amide bonds. The fourth-order valence-corrected chi connectivity index (χ4v) is 2.01. The van der Waals surface area contributed by atoms with Crippen LogP contribution in [0.2, 0.25) is 0 Å². The van der Waals surface area contributed by atoms with E-state index in [1.54, 1.807) is 4.90 Å². The highest BCUT2D eigenvalue weighted by Crippen LogP contribution is 2.19. The van der Waals surface area contributed by atoms with Crippen LogP contribution in [0.15, 0.2) is 0 Å². The quantitative estimate of drug-likeness (QED) is 0.794. The van der Waals surface area contributed by atoms with E-state index in [0.29, 0.717) is 13.1 Å². The third-order valence-corrected chi connectivity index (χ3v) is 2.85. The molecule has 0 aliphatic carbocycles. The molecule has 6 nitrogen and oxygen atoms in total. The van der Waals surface area contributed by atoms with Crippen molar-refractivity contribution in [3.8, 4) is 0 Å². The largest absolute Gasteiger partial charge is 0.444 e. The third-order valence-electron chi connectivity index (χ3n) is 2.85. The van der Waals surface area contributed by atoms with Gasteiger partial charge in [-0.15, -0.1) is 0 Å². The van der Waals surface area contributed by atoms with Gasteiger partial charge in [-0.1, -0.05) is 0 Å². The molecule has 0 spiro atoms. The molecule has 1 fully saturated rings. The van der Waals surface area contributed by atoms with Gasteiger partial charge < -0.3 is 20.1 Å². The zero-order valence-electron chi connectivity index (χ0n) is 11.9. The Labute approximate surface area is 114 Å². The van der Waals surface area contributed by atoms with Crippen LogP contribution < -0.4 is 5.32 Å². The second-order valence-electron chi connectivity index (χ2n) is 5.78. The number of carbonyl (C=O) groups excluding carboxylic acids is 2. The predicted octanol–water partition coefficient (Wildman–Crippen LogP) is 0.742. The standard InChI is InChI=1S/C13H24N2O4/c1-13(2,3)19-12(18)15-7-4-5-10(9-15)11(17)14-6-8-16/h10,16H,4-9H2,1-3H3,(H,14,17)/t10-/m0/s1. The fraction of sp³-hybridized carbons (Fsp3) is 0.846. The molecule has 110 valence electrons. The number of amides is 2. The second kappa shape index (κ2) is 6.75. The molecule has 6 heteroatoms. The number of aliphatic hydroxyl groups excluding tert-OH is 1. The minimum atomic E-state index is -0.525. The number of piperidine rings is 1. The zero-order valence-corrected chi connectivity index (χ0v) is 11.9. The Morgan fingerprint density at radius 3 is 2.68 bits per heavy atom. The minimum absolute atomic E-state index is 0.0752. The highest BCUT2D eigenvalue weighted by molar-refractivity contribution is 5.80. The molecule has 0 aromatic rings. The fourth-order valence-electron chi connectivity index (χ4n) is 2.01. The lowest BCUT2D eigenvalue weighted by Gasteiger charge is -2.33. The number of likely N-dealkylation sites (tertiary alicyclic amines) is 1. The molecule has 1 aliphatic heterocycles. The summed E-state index contributed by atoms with van der Waals surface area (Å²) in [6, 6.07) is 0. The smallest absolute Gasteiger partial charge is 0.410 e. The van der Waals surface area contributed by atoms with Crippen molar-refractivity contribution >= 4 is 12.0 Å². The van der Waals surface area contributed by atoms with Crippen LogP contribution >= 0.6 is 0 Å². The van der Waals surface area contributed by atoms with Crippen LogP contribution in [0.25, 0.3) is 0 Å². The van der Waals surface area contributed by atoms with Gasteiger partial charge in [-0.3, -0.25) is 4.79 Å². The van der Waals surface area contributed by atoms with Gasteiger partial charge in [-0.2, -0.15) is 0 Å². The SMILES string of the molecule is CC(C)(C)OC(=O)N1CCC[C@H](C(=O)NCCO)C1. The Bertz CT molecular complexity index is 325. The number of carbonyl (C=O) groups is 2. The summed E-state index contributed by atoms with van der Waals surface area (Å²) < 4.78 is 5.30. The molecule has 0 radical (unpaired) electrons. The summed E-state index contributed by atoms with van der Waals surface area (Å²) in [7, 11) is 0. The Morgan fingerprint density at radius 1 is 1.42 bits per heavy atom. The van der Waals surface area contributed by atoms with E-state index in [2.05, 4.69) is 5.32 Å².